The van der Waals surface area contributed by atoms with E-state index in [1.54, 1.807) is 4.90 Å². The zero-order chi connectivity index (χ0) is 25.2. The highest BCUT2D eigenvalue weighted by Gasteiger charge is 2.41. The Hall–Kier alpha value is -2.73. The topological polar surface area (TPSA) is 125 Å². The van der Waals surface area contributed by atoms with Gasteiger partial charge in [-0.1, -0.05) is 41.3 Å². The summed E-state index contributed by atoms with van der Waals surface area (Å²) in [6, 6.07) is 13.7. The van der Waals surface area contributed by atoms with Gasteiger partial charge in [-0.25, -0.2) is 0 Å². The van der Waals surface area contributed by atoms with E-state index in [1.807, 2.05) is 41.8 Å². The lowest BCUT2D eigenvalue weighted by atomic mass is 9.78. The molecule has 0 spiro atoms. The molecular formula is C24H19IN6O2S3. The molecule has 2 aliphatic rings. The van der Waals surface area contributed by atoms with Crippen LogP contribution in [0.5, 0.6) is 0 Å². The van der Waals surface area contributed by atoms with Crippen LogP contribution in [0.25, 0.3) is 0 Å². The lowest BCUT2D eigenvalue weighted by Gasteiger charge is -2.37. The molecule has 0 saturated carbocycles. The van der Waals surface area contributed by atoms with Crippen molar-refractivity contribution in [1.82, 2.24) is 10.2 Å². The molecule has 1 amide bonds. The molecule has 36 heavy (non-hydrogen) atoms. The van der Waals surface area contributed by atoms with Crippen molar-refractivity contribution in [2.45, 2.75) is 29.5 Å². The molecule has 1 unspecified atom stereocenters. The number of aromatic nitrogens is 2. The number of thiophene rings is 1. The van der Waals surface area contributed by atoms with Gasteiger partial charge in [-0.15, -0.1) is 21.5 Å². The third-order valence-electron chi connectivity index (χ3n) is 5.80. The van der Waals surface area contributed by atoms with E-state index in [0.29, 0.717) is 39.9 Å². The molecule has 2 aromatic heterocycles. The maximum absolute atomic E-state index is 13.1. The predicted octanol–water partition coefficient (Wildman–Crippen LogP) is 5.24. The predicted molar refractivity (Wildman–Crippen MR) is 151 cm³/mol. The Morgan fingerprint density at radius 3 is 2.86 bits per heavy atom. The molecule has 3 aromatic rings. The Kier molecular flexibility index (Phi) is 7.42. The van der Waals surface area contributed by atoms with Crippen LogP contribution >= 0.6 is 57.0 Å². The largest absolute Gasteiger partial charge is 0.384 e. The van der Waals surface area contributed by atoms with Crippen LogP contribution in [-0.2, 0) is 9.59 Å². The van der Waals surface area contributed by atoms with Crippen LogP contribution in [-0.4, -0.2) is 27.6 Å². The standard InChI is InChI=1S/C24H19IN6O2S3/c25-14-5-1-2-6-15(14)28-19(33)12-35-24-30-29-23(36-24)31-16-7-3-8-17(32)21(16)20(13(11-26)22(31)27)18-9-4-10-34-18/h1-2,4-6,9-10,20H,3,7-8,12,27H2,(H,28,33). The van der Waals surface area contributed by atoms with E-state index in [1.165, 1.54) is 34.4 Å². The average molecular weight is 647 g/mol. The highest BCUT2D eigenvalue weighted by Crippen LogP contribution is 2.47. The van der Waals surface area contributed by atoms with Gasteiger partial charge in [-0.2, -0.15) is 5.26 Å². The first kappa shape index (κ1) is 24.9. The van der Waals surface area contributed by atoms with Crippen LogP contribution in [0.1, 0.15) is 30.1 Å². The monoisotopic (exact) mass is 646 g/mol. The third kappa shape index (κ3) is 4.80. The van der Waals surface area contributed by atoms with Gasteiger partial charge < -0.3 is 11.1 Å². The molecular weight excluding hydrogens is 627 g/mol. The number of thioether (sulfide) groups is 1. The summed E-state index contributed by atoms with van der Waals surface area (Å²) < 4.78 is 1.55. The Balaban J connectivity index is 1.40. The second-order valence-electron chi connectivity index (χ2n) is 8.00. The van der Waals surface area contributed by atoms with Crippen molar-refractivity contribution in [3.8, 4) is 6.07 Å². The fraction of sp³-hybridized carbons (Fsp3) is 0.208. The van der Waals surface area contributed by atoms with Crippen LogP contribution in [0.2, 0.25) is 0 Å². The summed E-state index contributed by atoms with van der Waals surface area (Å²) in [5.74, 6) is -0.131. The number of Topliss-reactive ketones (excluding diaryl/α,β-unsaturated/α-hetero) is 1. The number of nitrogens with one attached hydrogen (secondary N) is 1. The van der Waals surface area contributed by atoms with Crippen molar-refractivity contribution in [3.63, 3.8) is 0 Å². The Morgan fingerprint density at radius 2 is 2.11 bits per heavy atom. The minimum Gasteiger partial charge on any atom is -0.384 e. The van der Waals surface area contributed by atoms with Gasteiger partial charge in [-0.05, 0) is 59.0 Å². The number of carbonyl (C=O) groups is 2. The SMILES string of the molecule is N#CC1=C(N)N(c2nnc(SCC(=O)Nc3ccccc3I)s2)C2=C(C(=O)CCC2)C1c1cccs1. The second kappa shape index (κ2) is 10.7. The number of hydrogen-bond donors (Lipinski definition) is 2. The van der Waals surface area contributed by atoms with Gasteiger partial charge >= 0.3 is 0 Å². The smallest absolute Gasteiger partial charge is 0.234 e. The number of carbonyl (C=O) groups excluding carboxylic acids is 2. The van der Waals surface area contributed by atoms with Crippen molar-refractivity contribution in [3.05, 3.63) is 72.9 Å². The van der Waals surface area contributed by atoms with E-state index in [4.69, 9.17) is 5.73 Å². The number of ketones is 1. The van der Waals surface area contributed by atoms with Crippen molar-refractivity contribution in [1.29, 1.82) is 5.26 Å². The first-order valence-electron chi connectivity index (χ1n) is 11.0. The summed E-state index contributed by atoms with van der Waals surface area (Å²) in [4.78, 5) is 28.2. The fourth-order valence-electron chi connectivity index (χ4n) is 4.27. The number of rotatable bonds is 6. The lowest BCUT2D eigenvalue weighted by Crippen LogP contribution is -2.38. The molecule has 3 N–H and O–H groups in total. The summed E-state index contributed by atoms with van der Waals surface area (Å²) in [6.45, 7) is 0. The zero-order valence-corrected chi connectivity index (χ0v) is 23.3. The number of nitrogens with zero attached hydrogens (tertiary/aromatic N) is 4. The Labute approximate surface area is 233 Å². The number of nitrogens with two attached hydrogens (primary N) is 1. The minimum absolute atomic E-state index is 0.0335. The van der Waals surface area contributed by atoms with E-state index in [2.05, 4.69) is 44.2 Å². The maximum atomic E-state index is 13.1. The van der Waals surface area contributed by atoms with Gasteiger partial charge in [0.25, 0.3) is 0 Å². The van der Waals surface area contributed by atoms with Crippen molar-refractivity contribution < 1.29 is 9.59 Å². The summed E-state index contributed by atoms with van der Waals surface area (Å²) in [6.07, 6.45) is 1.81. The highest BCUT2D eigenvalue weighted by atomic mass is 127. The first-order valence-corrected chi connectivity index (χ1v) is 14.7. The van der Waals surface area contributed by atoms with Crippen LogP contribution in [0.15, 0.2) is 68.8 Å². The molecule has 0 radical (unpaired) electrons. The molecule has 0 saturated heterocycles. The van der Waals surface area contributed by atoms with Crippen molar-refractivity contribution in [2.24, 2.45) is 5.73 Å². The van der Waals surface area contributed by atoms with Crippen molar-refractivity contribution in [2.75, 3.05) is 16.0 Å². The molecule has 8 nitrogen and oxygen atoms in total. The Bertz CT molecular complexity index is 1440. The van der Waals surface area contributed by atoms with Crippen LogP contribution < -0.4 is 16.0 Å². The number of allylic oxidation sites excluding steroid dienone is 3. The maximum Gasteiger partial charge on any atom is 0.234 e. The quantitative estimate of drug-likeness (QED) is 0.275. The summed E-state index contributed by atoms with van der Waals surface area (Å²) in [5.41, 5.74) is 9.06. The van der Waals surface area contributed by atoms with E-state index >= 15 is 0 Å². The summed E-state index contributed by atoms with van der Waals surface area (Å²) in [5, 5.41) is 23.9. The molecule has 1 atom stereocenters. The number of halogens is 1. The first-order chi connectivity index (χ1) is 17.5. The van der Waals surface area contributed by atoms with Gasteiger partial charge in [0.15, 0.2) is 10.1 Å². The highest BCUT2D eigenvalue weighted by molar-refractivity contribution is 14.1. The average Bonchev–Trinajstić information content (AvgIpc) is 3.56. The normalized spacial score (nSPS) is 17.7. The van der Waals surface area contributed by atoms with Gasteiger partial charge in [0.05, 0.1) is 29.0 Å². The number of para-hydroxylation sites is 1. The van der Waals surface area contributed by atoms with E-state index in [-0.39, 0.29) is 23.3 Å². The van der Waals surface area contributed by atoms with E-state index in [0.717, 1.165) is 19.8 Å². The van der Waals surface area contributed by atoms with Crippen molar-refractivity contribution >= 4 is 79.5 Å². The number of nitriles is 1. The molecule has 1 aliphatic carbocycles. The van der Waals surface area contributed by atoms with Gasteiger partial charge in [0.2, 0.25) is 11.0 Å². The second-order valence-corrected chi connectivity index (χ2v) is 12.3. The van der Waals surface area contributed by atoms with Crippen LogP contribution in [0.4, 0.5) is 10.8 Å². The van der Waals surface area contributed by atoms with Crippen LogP contribution in [0, 0.1) is 14.9 Å². The number of benzene rings is 1. The summed E-state index contributed by atoms with van der Waals surface area (Å²) in [7, 11) is 0. The fourth-order valence-corrected chi connectivity index (χ4v) is 7.32. The molecule has 0 fully saturated rings. The van der Waals surface area contributed by atoms with E-state index < -0.39 is 5.92 Å². The number of hydrogen-bond acceptors (Lipinski definition) is 10. The molecule has 1 aliphatic heterocycles. The number of anilines is 2. The van der Waals surface area contributed by atoms with Crippen LogP contribution in [0.3, 0.4) is 0 Å². The molecule has 12 heteroatoms. The van der Waals surface area contributed by atoms with Gasteiger partial charge in [0.1, 0.15) is 5.82 Å². The summed E-state index contributed by atoms with van der Waals surface area (Å²) >= 11 is 6.24. The van der Waals surface area contributed by atoms with E-state index in [9.17, 15) is 14.9 Å². The van der Waals surface area contributed by atoms with Gasteiger partial charge in [-0.3, -0.25) is 14.5 Å². The van der Waals surface area contributed by atoms with Gasteiger partial charge in [0, 0.05) is 26.1 Å². The molecule has 5 rings (SSSR count). The molecule has 0 bridgehead atoms. The molecule has 182 valence electrons. The number of amides is 1. The third-order valence-corrected chi connectivity index (χ3v) is 9.72. The molecule has 3 heterocycles. The lowest BCUT2D eigenvalue weighted by molar-refractivity contribution is -0.116. The molecule has 1 aromatic carbocycles. The minimum atomic E-state index is -0.458. The zero-order valence-electron chi connectivity index (χ0n) is 18.7. The Morgan fingerprint density at radius 1 is 1.28 bits per heavy atom.